The van der Waals surface area contributed by atoms with Gasteiger partial charge in [0.1, 0.15) is 5.76 Å². The molecule has 0 bridgehead atoms. The lowest BCUT2D eigenvalue weighted by molar-refractivity contribution is 0.278. The van der Waals surface area contributed by atoms with Crippen LogP contribution in [0.5, 0.6) is 0 Å². The first-order valence-electron chi connectivity index (χ1n) is 7.48. The van der Waals surface area contributed by atoms with Crippen LogP contribution in [0, 0.1) is 6.92 Å². The van der Waals surface area contributed by atoms with E-state index in [0.717, 1.165) is 24.6 Å². The molecule has 1 aromatic carbocycles. The van der Waals surface area contributed by atoms with E-state index < -0.39 is 0 Å². The summed E-state index contributed by atoms with van der Waals surface area (Å²) < 4.78 is 5.61. The second-order valence-electron chi connectivity index (χ2n) is 5.73. The van der Waals surface area contributed by atoms with E-state index in [2.05, 4.69) is 48.4 Å². The van der Waals surface area contributed by atoms with E-state index in [-0.39, 0.29) is 0 Å². The molecule has 2 aromatic rings. The summed E-state index contributed by atoms with van der Waals surface area (Å²) in [5, 5.41) is 3.53. The zero-order valence-corrected chi connectivity index (χ0v) is 12.2. The Morgan fingerprint density at radius 3 is 2.90 bits per heavy atom. The average Bonchev–Trinajstić information content (AvgIpc) is 2.85. The van der Waals surface area contributed by atoms with Crippen molar-refractivity contribution in [2.45, 2.75) is 51.6 Å². The molecule has 0 amide bonds. The van der Waals surface area contributed by atoms with E-state index in [1.165, 1.54) is 24.0 Å². The third kappa shape index (κ3) is 2.93. The maximum Gasteiger partial charge on any atom is 0.208 e. The van der Waals surface area contributed by atoms with Gasteiger partial charge in [-0.25, -0.2) is 4.98 Å². The smallest absolute Gasteiger partial charge is 0.208 e. The summed E-state index contributed by atoms with van der Waals surface area (Å²) in [6, 6.07) is 9.46. The van der Waals surface area contributed by atoms with Gasteiger partial charge in [0.25, 0.3) is 0 Å². The van der Waals surface area contributed by atoms with Crippen LogP contribution in [0.1, 0.15) is 48.5 Å². The molecular weight excluding hydrogens is 248 g/mol. The molecule has 3 nitrogen and oxygen atoms in total. The number of rotatable bonds is 5. The van der Waals surface area contributed by atoms with Crippen LogP contribution in [0.15, 0.2) is 34.9 Å². The molecule has 20 heavy (non-hydrogen) atoms. The highest BCUT2D eigenvalue weighted by Crippen LogP contribution is 2.37. The van der Waals surface area contributed by atoms with Gasteiger partial charge in [0, 0.05) is 12.5 Å². The summed E-state index contributed by atoms with van der Waals surface area (Å²) in [5.41, 5.74) is 2.83. The highest BCUT2D eigenvalue weighted by Gasteiger charge is 2.30. The highest BCUT2D eigenvalue weighted by molar-refractivity contribution is 5.27. The summed E-state index contributed by atoms with van der Waals surface area (Å²) in [5.74, 6) is 2.48. The lowest BCUT2D eigenvalue weighted by Crippen LogP contribution is -2.39. The van der Waals surface area contributed by atoms with Crippen LogP contribution in [-0.2, 0) is 13.0 Å². The average molecular weight is 270 g/mol. The fourth-order valence-electron chi connectivity index (χ4n) is 2.81. The monoisotopic (exact) mass is 270 g/mol. The third-order valence-electron chi connectivity index (χ3n) is 4.14. The van der Waals surface area contributed by atoms with Gasteiger partial charge in [0.2, 0.25) is 5.89 Å². The highest BCUT2D eigenvalue weighted by atomic mass is 16.4. The van der Waals surface area contributed by atoms with Crippen LogP contribution in [0.3, 0.4) is 0 Å². The van der Waals surface area contributed by atoms with Crippen molar-refractivity contribution in [3.8, 4) is 0 Å². The van der Waals surface area contributed by atoms with Gasteiger partial charge < -0.3 is 9.73 Å². The van der Waals surface area contributed by atoms with Crippen molar-refractivity contribution in [3.63, 3.8) is 0 Å². The second-order valence-corrected chi connectivity index (χ2v) is 5.73. The number of hydrogen-bond donors (Lipinski definition) is 1. The molecule has 0 saturated heterocycles. The number of nitrogens with zero attached hydrogens (tertiary/aromatic N) is 1. The first kappa shape index (κ1) is 13.4. The molecule has 1 aliphatic carbocycles. The van der Waals surface area contributed by atoms with Crippen LogP contribution >= 0.6 is 0 Å². The van der Waals surface area contributed by atoms with E-state index in [0.29, 0.717) is 12.0 Å². The van der Waals surface area contributed by atoms with Gasteiger partial charge in [-0.05, 0) is 31.2 Å². The van der Waals surface area contributed by atoms with Gasteiger partial charge in [0.15, 0.2) is 0 Å². The number of oxazole rings is 1. The Balaban J connectivity index is 1.46. The number of aromatic nitrogens is 1. The Hall–Kier alpha value is -1.61. The fraction of sp³-hybridized carbons (Fsp3) is 0.471. The van der Waals surface area contributed by atoms with Crippen molar-refractivity contribution >= 4 is 0 Å². The minimum absolute atomic E-state index is 0.595. The van der Waals surface area contributed by atoms with Crippen LogP contribution < -0.4 is 5.32 Å². The molecule has 1 heterocycles. The quantitative estimate of drug-likeness (QED) is 0.902. The summed E-state index contributed by atoms with van der Waals surface area (Å²) in [6.07, 6.45) is 5.16. The largest absolute Gasteiger partial charge is 0.444 e. The number of benzene rings is 1. The van der Waals surface area contributed by atoms with Crippen LogP contribution in [-0.4, -0.2) is 11.0 Å². The molecule has 3 rings (SSSR count). The fourth-order valence-corrected chi connectivity index (χ4v) is 2.81. The molecule has 106 valence electrons. The first-order chi connectivity index (χ1) is 9.74. The predicted molar refractivity (Wildman–Crippen MR) is 79.7 cm³/mol. The van der Waals surface area contributed by atoms with Crippen LogP contribution in [0.25, 0.3) is 0 Å². The Morgan fingerprint density at radius 2 is 2.20 bits per heavy atom. The van der Waals surface area contributed by atoms with Gasteiger partial charge in [-0.1, -0.05) is 36.8 Å². The lowest BCUT2D eigenvalue weighted by atomic mass is 9.75. The van der Waals surface area contributed by atoms with Crippen molar-refractivity contribution in [1.82, 2.24) is 10.3 Å². The van der Waals surface area contributed by atoms with Gasteiger partial charge in [-0.3, -0.25) is 0 Å². The first-order valence-corrected chi connectivity index (χ1v) is 7.48. The van der Waals surface area contributed by atoms with Crippen LogP contribution in [0.2, 0.25) is 0 Å². The zero-order chi connectivity index (χ0) is 13.9. The Bertz CT molecular complexity index is 570. The Morgan fingerprint density at radius 1 is 1.35 bits per heavy atom. The second kappa shape index (κ2) is 5.80. The van der Waals surface area contributed by atoms with Crippen molar-refractivity contribution in [2.75, 3.05) is 0 Å². The van der Waals surface area contributed by atoms with E-state index in [1.54, 1.807) is 0 Å². The number of nitrogens with one attached hydrogen (secondary N) is 1. The topological polar surface area (TPSA) is 38.1 Å². The van der Waals surface area contributed by atoms with Crippen molar-refractivity contribution in [3.05, 3.63) is 53.2 Å². The van der Waals surface area contributed by atoms with E-state index in [4.69, 9.17) is 4.42 Å². The summed E-state index contributed by atoms with van der Waals surface area (Å²) >= 11 is 0. The minimum Gasteiger partial charge on any atom is -0.444 e. The summed E-state index contributed by atoms with van der Waals surface area (Å²) in [7, 11) is 0. The maximum absolute atomic E-state index is 5.61. The molecule has 0 radical (unpaired) electrons. The normalized spacial score (nSPS) is 21.7. The maximum atomic E-state index is 5.61. The lowest BCUT2D eigenvalue weighted by Gasteiger charge is -2.36. The zero-order valence-electron chi connectivity index (χ0n) is 12.2. The SMILES string of the molecule is CCc1cnc(CNC2CC(c3cccc(C)c3)C2)o1. The molecule has 1 saturated carbocycles. The summed E-state index contributed by atoms with van der Waals surface area (Å²) in [6.45, 7) is 4.98. The van der Waals surface area contributed by atoms with Crippen molar-refractivity contribution < 1.29 is 4.42 Å². The van der Waals surface area contributed by atoms with E-state index >= 15 is 0 Å². The molecule has 3 heteroatoms. The number of hydrogen-bond acceptors (Lipinski definition) is 3. The predicted octanol–water partition coefficient (Wildman–Crippen LogP) is 3.58. The molecule has 0 spiro atoms. The van der Waals surface area contributed by atoms with Crippen molar-refractivity contribution in [1.29, 1.82) is 0 Å². The number of aryl methyl sites for hydroxylation is 2. The Labute approximate surface area is 120 Å². The Kier molecular flexibility index (Phi) is 3.88. The minimum atomic E-state index is 0.595. The standard InChI is InChI=1S/C17H22N2O/c1-3-16-10-19-17(20-16)11-18-15-8-14(9-15)13-6-4-5-12(2)7-13/h4-7,10,14-15,18H,3,8-9,11H2,1-2H3. The molecule has 1 N–H and O–H groups in total. The van der Waals surface area contributed by atoms with Gasteiger partial charge >= 0.3 is 0 Å². The third-order valence-corrected chi connectivity index (χ3v) is 4.14. The van der Waals surface area contributed by atoms with Crippen LogP contribution in [0.4, 0.5) is 0 Å². The molecule has 0 aliphatic heterocycles. The molecular formula is C17H22N2O. The van der Waals surface area contributed by atoms with Gasteiger partial charge in [-0.15, -0.1) is 0 Å². The molecule has 0 atom stereocenters. The molecule has 1 fully saturated rings. The van der Waals surface area contributed by atoms with E-state index in [9.17, 15) is 0 Å². The van der Waals surface area contributed by atoms with Gasteiger partial charge in [0.05, 0.1) is 12.7 Å². The molecule has 1 aliphatic rings. The molecule has 1 aromatic heterocycles. The van der Waals surface area contributed by atoms with Crippen molar-refractivity contribution in [2.24, 2.45) is 0 Å². The van der Waals surface area contributed by atoms with Gasteiger partial charge in [-0.2, -0.15) is 0 Å². The molecule has 0 unspecified atom stereocenters. The van der Waals surface area contributed by atoms with E-state index in [1.807, 2.05) is 6.20 Å². The summed E-state index contributed by atoms with van der Waals surface area (Å²) in [4.78, 5) is 4.28.